The van der Waals surface area contributed by atoms with E-state index in [1.807, 2.05) is 0 Å². The van der Waals surface area contributed by atoms with Gasteiger partial charge < -0.3 is 5.73 Å². The third-order valence-corrected chi connectivity index (χ3v) is 6.65. The van der Waals surface area contributed by atoms with Gasteiger partial charge in [-0.05, 0) is 24.8 Å². The summed E-state index contributed by atoms with van der Waals surface area (Å²) in [5.41, 5.74) is 5.78. The fraction of sp³-hybridized carbons (Fsp3) is 1.00. The summed E-state index contributed by atoms with van der Waals surface area (Å²) >= 11 is 0. The number of sulfone groups is 1. The molecular weight excluding hydrogens is 226 g/mol. The SMILES string of the molecule is C[Si](C)(C)CC(CN)C1CCS(=O)(=O)C1. The highest BCUT2D eigenvalue weighted by molar-refractivity contribution is 7.91. The predicted octanol–water partition coefficient (Wildman–Crippen LogP) is 1.33. The van der Waals surface area contributed by atoms with Crippen LogP contribution >= 0.6 is 0 Å². The lowest BCUT2D eigenvalue weighted by atomic mass is 9.94. The first-order valence-electron chi connectivity index (χ1n) is 5.64. The molecule has 2 unspecified atom stereocenters. The molecule has 0 saturated carbocycles. The van der Waals surface area contributed by atoms with Crippen molar-refractivity contribution in [2.24, 2.45) is 17.6 Å². The van der Waals surface area contributed by atoms with Gasteiger partial charge in [-0.15, -0.1) is 0 Å². The standard InChI is InChI=1S/C10H23NO2SSi/c1-15(2,3)8-10(6-11)9-4-5-14(12,13)7-9/h9-10H,4-8,11H2,1-3H3. The van der Waals surface area contributed by atoms with Crippen LogP contribution in [0.25, 0.3) is 0 Å². The average molecular weight is 249 g/mol. The van der Waals surface area contributed by atoms with E-state index in [0.29, 0.717) is 29.9 Å². The minimum atomic E-state index is -2.75. The zero-order valence-corrected chi connectivity index (χ0v) is 11.8. The van der Waals surface area contributed by atoms with Gasteiger partial charge in [-0.2, -0.15) is 0 Å². The summed E-state index contributed by atoms with van der Waals surface area (Å²) in [6.45, 7) is 7.60. The largest absolute Gasteiger partial charge is 0.330 e. The molecule has 0 aromatic carbocycles. The molecule has 0 spiro atoms. The maximum Gasteiger partial charge on any atom is 0.150 e. The van der Waals surface area contributed by atoms with Gasteiger partial charge in [-0.1, -0.05) is 25.7 Å². The maximum atomic E-state index is 11.4. The molecule has 2 atom stereocenters. The van der Waals surface area contributed by atoms with Crippen molar-refractivity contribution in [2.45, 2.75) is 32.1 Å². The highest BCUT2D eigenvalue weighted by Crippen LogP contribution is 2.31. The fourth-order valence-corrected chi connectivity index (χ4v) is 6.42. The second kappa shape index (κ2) is 4.55. The second-order valence-corrected chi connectivity index (χ2v) is 13.7. The molecule has 1 saturated heterocycles. The Morgan fingerprint density at radius 2 is 2.00 bits per heavy atom. The summed E-state index contributed by atoms with van der Waals surface area (Å²) in [4.78, 5) is 0. The maximum absolute atomic E-state index is 11.4. The molecule has 1 fully saturated rings. The summed E-state index contributed by atoms with van der Waals surface area (Å²) in [5.74, 6) is 1.50. The highest BCUT2D eigenvalue weighted by atomic mass is 32.2. The summed E-state index contributed by atoms with van der Waals surface area (Å²) in [7, 11) is -3.88. The van der Waals surface area contributed by atoms with Crippen LogP contribution in [-0.2, 0) is 9.84 Å². The molecular formula is C10H23NO2SSi. The van der Waals surface area contributed by atoms with Gasteiger partial charge in [-0.3, -0.25) is 0 Å². The third kappa shape index (κ3) is 4.24. The van der Waals surface area contributed by atoms with Crippen LogP contribution in [0.3, 0.4) is 0 Å². The fourth-order valence-electron chi connectivity index (χ4n) is 2.42. The van der Waals surface area contributed by atoms with Crippen molar-refractivity contribution in [1.82, 2.24) is 0 Å². The van der Waals surface area contributed by atoms with Gasteiger partial charge in [0.05, 0.1) is 11.5 Å². The minimum Gasteiger partial charge on any atom is -0.330 e. The summed E-state index contributed by atoms with van der Waals surface area (Å²) in [5, 5.41) is 0. The minimum absolute atomic E-state index is 0.326. The lowest BCUT2D eigenvalue weighted by molar-refractivity contribution is 0.400. The highest BCUT2D eigenvalue weighted by Gasteiger charge is 2.34. The Morgan fingerprint density at radius 3 is 2.33 bits per heavy atom. The molecule has 0 aromatic rings. The van der Waals surface area contributed by atoms with E-state index in [2.05, 4.69) is 19.6 Å². The number of rotatable bonds is 4. The normalized spacial score (nSPS) is 27.9. The van der Waals surface area contributed by atoms with Crippen LogP contribution in [0.1, 0.15) is 6.42 Å². The predicted molar refractivity (Wildman–Crippen MR) is 67.5 cm³/mol. The molecule has 5 heteroatoms. The number of hydrogen-bond donors (Lipinski definition) is 1. The molecule has 15 heavy (non-hydrogen) atoms. The topological polar surface area (TPSA) is 60.2 Å². The Bertz CT molecular complexity index is 308. The molecule has 1 aliphatic heterocycles. The molecule has 1 heterocycles. The first kappa shape index (κ1) is 13.2. The molecule has 2 N–H and O–H groups in total. The Hall–Kier alpha value is 0.127. The van der Waals surface area contributed by atoms with E-state index in [-0.39, 0.29) is 0 Å². The van der Waals surface area contributed by atoms with E-state index in [0.717, 1.165) is 12.5 Å². The molecule has 1 rings (SSSR count). The number of nitrogens with two attached hydrogens (primary N) is 1. The average Bonchev–Trinajstić information content (AvgIpc) is 2.40. The monoisotopic (exact) mass is 249 g/mol. The molecule has 0 bridgehead atoms. The van der Waals surface area contributed by atoms with Crippen molar-refractivity contribution in [3.05, 3.63) is 0 Å². The summed E-state index contributed by atoms with van der Waals surface area (Å²) in [6, 6.07) is 1.16. The van der Waals surface area contributed by atoms with Crippen LogP contribution in [0.5, 0.6) is 0 Å². The van der Waals surface area contributed by atoms with Crippen molar-refractivity contribution >= 4 is 17.9 Å². The van der Waals surface area contributed by atoms with Crippen molar-refractivity contribution in [2.75, 3.05) is 18.1 Å². The quantitative estimate of drug-likeness (QED) is 0.765. The zero-order chi connectivity index (χ0) is 11.7. The van der Waals surface area contributed by atoms with E-state index in [1.165, 1.54) is 0 Å². The molecule has 0 aliphatic carbocycles. The molecule has 0 radical (unpaired) electrons. The van der Waals surface area contributed by atoms with E-state index in [9.17, 15) is 8.42 Å². The van der Waals surface area contributed by atoms with Gasteiger partial charge in [0.15, 0.2) is 9.84 Å². The van der Waals surface area contributed by atoms with Gasteiger partial charge >= 0.3 is 0 Å². The van der Waals surface area contributed by atoms with E-state index in [4.69, 9.17) is 5.73 Å². The third-order valence-electron chi connectivity index (χ3n) is 3.11. The summed E-state index contributed by atoms with van der Waals surface area (Å²) in [6.07, 6.45) is 0.828. The molecule has 0 amide bonds. The lowest BCUT2D eigenvalue weighted by Gasteiger charge is -2.27. The Kier molecular flexibility index (Phi) is 4.00. The summed E-state index contributed by atoms with van der Waals surface area (Å²) < 4.78 is 22.8. The van der Waals surface area contributed by atoms with E-state index < -0.39 is 17.9 Å². The Balaban J connectivity index is 2.61. The van der Waals surface area contributed by atoms with Crippen LogP contribution in [-0.4, -0.2) is 34.5 Å². The Labute approximate surface area is 94.4 Å². The van der Waals surface area contributed by atoms with Crippen LogP contribution < -0.4 is 5.73 Å². The van der Waals surface area contributed by atoms with Gasteiger partial charge in [-0.25, -0.2) is 8.42 Å². The van der Waals surface area contributed by atoms with Gasteiger partial charge in [0, 0.05) is 8.07 Å². The smallest absolute Gasteiger partial charge is 0.150 e. The van der Waals surface area contributed by atoms with Crippen LogP contribution in [0.15, 0.2) is 0 Å². The van der Waals surface area contributed by atoms with Crippen LogP contribution in [0.2, 0.25) is 25.7 Å². The van der Waals surface area contributed by atoms with Gasteiger partial charge in [0.2, 0.25) is 0 Å². The van der Waals surface area contributed by atoms with Crippen molar-refractivity contribution in [3.8, 4) is 0 Å². The van der Waals surface area contributed by atoms with Crippen molar-refractivity contribution in [1.29, 1.82) is 0 Å². The second-order valence-electron chi connectivity index (χ2n) is 5.92. The van der Waals surface area contributed by atoms with E-state index >= 15 is 0 Å². The molecule has 1 aliphatic rings. The van der Waals surface area contributed by atoms with Crippen molar-refractivity contribution in [3.63, 3.8) is 0 Å². The van der Waals surface area contributed by atoms with Crippen molar-refractivity contribution < 1.29 is 8.42 Å². The molecule has 3 nitrogen and oxygen atoms in total. The molecule has 90 valence electrons. The number of hydrogen-bond acceptors (Lipinski definition) is 3. The van der Waals surface area contributed by atoms with Gasteiger partial charge in [0.25, 0.3) is 0 Å². The zero-order valence-electron chi connectivity index (χ0n) is 9.99. The van der Waals surface area contributed by atoms with E-state index in [1.54, 1.807) is 0 Å². The van der Waals surface area contributed by atoms with Gasteiger partial charge in [0.1, 0.15) is 0 Å². The Morgan fingerprint density at radius 1 is 1.40 bits per heavy atom. The lowest BCUT2D eigenvalue weighted by Crippen LogP contribution is -2.33. The van der Waals surface area contributed by atoms with Crippen LogP contribution in [0.4, 0.5) is 0 Å². The first-order chi connectivity index (χ1) is 6.73. The van der Waals surface area contributed by atoms with Crippen LogP contribution in [0, 0.1) is 11.8 Å². The first-order valence-corrected chi connectivity index (χ1v) is 11.2. The molecule has 0 aromatic heterocycles.